The topological polar surface area (TPSA) is 41.1 Å². The van der Waals surface area contributed by atoms with E-state index in [0.29, 0.717) is 6.54 Å². The lowest BCUT2D eigenvalue weighted by molar-refractivity contribution is -0.137. The third-order valence-electron chi connectivity index (χ3n) is 3.88. The largest absolute Gasteiger partial charge is 0.417 e. The van der Waals surface area contributed by atoms with Crippen LogP contribution in [-0.4, -0.2) is 19.0 Å². The van der Waals surface area contributed by atoms with E-state index in [1.54, 1.807) is 0 Å². The number of hydrogen-bond donors (Lipinski definition) is 2. The molecule has 1 aliphatic rings. The molecule has 0 radical (unpaired) electrons. The van der Waals surface area contributed by atoms with E-state index in [2.05, 4.69) is 16.7 Å². The van der Waals surface area contributed by atoms with Crippen LogP contribution < -0.4 is 10.6 Å². The van der Waals surface area contributed by atoms with Crippen LogP contribution in [0.1, 0.15) is 37.7 Å². The van der Waals surface area contributed by atoms with Crippen LogP contribution in [0.3, 0.4) is 0 Å². The Hall–Kier alpha value is -1.69. The number of anilines is 1. The predicted molar refractivity (Wildman–Crippen MR) is 89.1 cm³/mol. The maximum atomic E-state index is 12.8. The number of alkyl halides is 3. The summed E-state index contributed by atoms with van der Waals surface area (Å²) in [4.78, 5) is 11.8. The van der Waals surface area contributed by atoms with Crippen molar-refractivity contribution >= 4 is 23.2 Å². The Morgan fingerprint density at radius 2 is 2.04 bits per heavy atom. The minimum atomic E-state index is -4.52. The Labute approximate surface area is 144 Å². The number of carbonyl (C=O) groups excluding carboxylic acids is 1. The fourth-order valence-corrected chi connectivity index (χ4v) is 2.82. The van der Waals surface area contributed by atoms with Crippen molar-refractivity contribution in [2.75, 3.05) is 18.4 Å². The van der Waals surface area contributed by atoms with Crippen LogP contribution in [0, 0.1) is 0 Å². The maximum Gasteiger partial charge on any atom is 0.417 e. The van der Waals surface area contributed by atoms with Gasteiger partial charge >= 0.3 is 6.18 Å². The summed E-state index contributed by atoms with van der Waals surface area (Å²) in [6.07, 6.45) is 3.12. The van der Waals surface area contributed by atoms with Crippen molar-refractivity contribution in [2.24, 2.45) is 0 Å². The smallest absolute Gasteiger partial charge is 0.376 e. The van der Waals surface area contributed by atoms with Gasteiger partial charge in [0.15, 0.2) is 0 Å². The monoisotopic (exact) mass is 360 g/mol. The summed E-state index contributed by atoms with van der Waals surface area (Å²) in [6.45, 7) is 0.457. The first-order chi connectivity index (χ1) is 11.4. The molecule has 0 fully saturated rings. The summed E-state index contributed by atoms with van der Waals surface area (Å²) >= 11 is 5.55. The molecular formula is C17H20ClF3N2O. The molecule has 2 rings (SSSR count). The van der Waals surface area contributed by atoms with Crippen molar-refractivity contribution in [1.29, 1.82) is 0 Å². The summed E-state index contributed by atoms with van der Waals surface area (Å²) in [6, 6.07) is 3.49. The van der Waals surface area contributed by atoms with E-state index in [0.717, 1.165) is 25.3 Å². The first-order valence-electron chi connectivity index (χ1n) is 7.91. The van der Waals surface area contributed by atoms with Crippen LogP contribution in [0.2, 0.25) is 5.02 Å². The molecule has 1 aliphatic carbocycles. The molecule has 0 bridgehead atoms. The highest BCUT2D eigenvalue weighted by molar-refractivity contribution is 6.31. The van der Waals surface area contributed by atoms with Crippen LogP contribution in [0.15, 0.2) is 29.8 Å². The highest BCUT2D eigenvalue weighted by Crippen LogP contribution is 2.36. The van der Waals surface area contributed by atoms with Gasteiger partial charge in [-0.05, 0) is 50.3 Å². The van der Waals surface area contributed by atoms with Crippen LogP contribution in [0.5, 0.6) is 0 Å². The van der Waals surface area contributed by atoms with E-state index < -0.39 is 11.7 Å². The fourth-order valence-electron chi connectivity index (χ4n) is 2.59. The molecule has 0 heterocycles. The van der Waals surface area contributed by atoms with Crippen LogP contribution in [0.25, 0.3) is 0 Å². The molecule has 2 N–H and O–H groups in total. The van der Waals surface area contributed by atoms with Gasteiger partial charge in [0.25, 0.3) is 0 Å². The van der Waals surface area contributed by atoms with Gasteiger partial charge in [0.2, 0.25) is 5.91 Å². The lowest BCUT2D eigenvalue weighted by Gasteiger charge is -2.14. The van der Waals surface area contributed by atoms with Crippen molar-refractivity contribution in [1.82, 2.24) is 5.32 Å². The molecule has 0 spiro atoms. The standard InChI is InChI=1S/C17H20ClF3N2O/c18-15-7-6-13(10-14(15)17(19,20)21)23-11-16(24)22-9-8-12-4-2-1-3-5-12/h4,6-7,10,23H,1-3,5,8-9,11H2,(H,22,24). The molecule has 24 heavy (non-hydrogen) atoms. The molecule has 0 aliphatic heterocycles. The first kappa shape index (κ1) is 18.6. The normalized spacial score (nSPS) is 14.9. The predicted octanol–water partition coefficient (Wildman–Crippen LogP) is 4.78. The summed E-state index contributed by atoms with van der Waals surface area (Å²) in [5, 5.41) is 5.09. The molecule has 0 saturated carbocycles. The minimum absolute atomic E-state index is 0.0853. The number of hydrogen-bond acceptors (Lipinski definition) is 2. The van der Waals surface area contributed by atoms with Crippen molar-refractivity contribution in [3.8, 4) is 0 Å². The van der Waals surface area contributed by atoms with Gasteiger partial charge in [-0.1, -0.05) is 23.3 Å². The van der Waals surface area contributed by atoms with E-state index >= 15 is 0 Å². The molecule has 1 amide bonds. The molecule has 132 valence electrons. The van der Waals surface area contributed by atoms with Crippen LogP contribution in [0.4, 0.5) is 18.9 Å². The summed E-state index contributed by atoms with van der Waals surface area (Å²) in [7, 11) is 0. The van der Waals surface area contributed by atoms with E-state index in [1.807, 2.05) is 0 Å². The number of halogens is 4. The van der Waals surface area contributed by atoms with Crippen molar-refractivity contribution in [3.05, 3.63) is 40.4 Å². The number of nitrogens with one attached hydrogen (secondary N) is 2. The third-order valence-corrected chi connectivity index (χ3v) is 4.21. The average molecular weight is 361 g/mol. The fraction of sp³-hybridized carbons (Fsp3) is 0.471. The third kappa shape index (κ3) is 5.74. The van der Waals surface area contributed by atoms with Gasteiger partial charge in [0, 0.05) is 12.2 Å². The SMILES string of the molecule is O=C(CNc1ccc(Cl)c(C(F)(F)F)c1)NCCC1=CCCCC1. The summed E-state index contributed by atoms with van der Waals surface area (Å²) < 4.78 is 38.3. The lowest BCUT2D eigenvalue weighted by atomic mass is 9.97. The zero-order valence-corrected chi connectivity index (χ0v) is 13.9. The second-order valence-electron chi connectivity index (χ2n) is 5.75. The van der Waals surface area contributed by atoms with Gasteiger partial charge in [0.05, 0.1) is 17.1 Å². The molecule has 1 aromatic rings. The molecule has 0 atom stereocenters. The Kier molecular flexibility index (Phi) is 6.54. The molecule has 7 heteroatoms. The molecule has 0 unspecified atom stereocenters. The number of amides is 1. The summed E-state index contributed by atoms with van der Waals surface area (Å²) in [5.41, 5.74) is 0.651. The number of benzene rings is 1. The van der Waals surface area contributed by atoms with Crippen LogP contribution >= 0.6 is 11.6 Å². The van der Waals surface area contributed by atoms with Gasteiger partial charge in [-0.25, -0.2) is 0 Å². The highest BCUT2D eigenvalue weighted by atomic mass is 35.5. The molecule has 0 saturated heterocycles. The number of allylic oxidation sites excluding steroid dienone is 1. The van der Waals surface area contributed by atoms with Crippen LogP contribution in [-0.2, 0) is 11.0 Å². The molecule has 0 aromatic heterocycles. The quantitative estimate of drug-likeness (QED) is 0.717. The first-order valence-corrected chi connectivity index (χ1v) is 8.29. The maximum absolute atomic E-state index is 12.8. The van der Waals surface area contributed by atoms with Gasteiger partial charge < -0.3 is 10.6 Å². The molecule has 1 aromatic carbocycles. The van der Waals surface area contributed by atoms with E-state index in [1.165, 1.54) is 30.5 Å². The average Bonchev–Trinajstić information content (AvgIpc) is 2.54. The Morgan fingerprint density at radius 1 is 1.25 bits per heavy atom. The Morgan fingerprint density at radius 3 is 2.71 bits per heavy atom. The second kappa shape index (κ2) is 8.42. The van der Waals surface area contributed by atoms with Gasteiger partial charge in [0.1, 0.15) is 0 Å². The van der Waals surface area contributed by atoms with Gasteiger partial charge in [-0.2, -0.15) is 13.2 Å². The zero-order valence-electron chi connectivity index (χ0n) is 13.2. The van der Waals surface area contributed by atoms with Gasteiger partial charge in [-0.15, -0.1) is 0 Å². The number of rotatable bonds is 6. The van der Waals surface area contributed by atoms with E-state index in [9.17, 15) is 18.0 Å². The zero-order chi connectivity index (χ0) is 17.6. The van der Waals surface area contributed by atoms with Crippen molar-refractivity contribution in [2.45, 2.75) is 38.3 Å². The van der Waals surface area contributed by atoms with Gasteiger partial charge in [-0.3, -0.25) is 4.79 Å². The highest BCUT2D eigenvalue weighted by Gasteiger charge is 2.33. The van der Waals surface area contributed by atoms with E-state index in [-0.39, 0.29) is 23.2 Å². The Bertz CT molecular complexity index is 614. The lowest BCUT2D eigenvalue weighted by Crippen LogP contribution is -2.30. The van der Waals surface area contributed by atoms with Crippen molar-refractivity contribution < 1.29 is 18.0 Å². The minimum Gasteiger partial charge on any atom is -0.376 e. The molecular weight excluding hydrogens is 341 g/mol. The molecule has 3 nitrogen and oxygen atoms in total. The Balaban J connectivity index is 1.78. The second-order valence-corrected chi connectivity index (χ2v) is 6.16. The van der Waals surface area contributed by atoms with Crippen molar-refractivity contribution in [3.63, 3.8) is 0 Å². The van der Waals surface area contributed by atoms with E-state index in [4.69, 9.17) is 11.6 Å². The number of carbonyl (C=O) groups is 1. The summed E-state index contributed by atoms with van der Waals surface area (Å²) in [5.74, 6) is -0.255.